The topological polar surface area (TPSA) is 51.2 Å². The van der Waals surface area contributed by atoms with E-state index in [9.17, 15) is 4.79 Å². The van der Waals surface area contributed by atoms with E-state index in [1.165, 1.54) is 0 Å². The second kappa shape index (κ2) is 6.15. The van der Waals surface area contributed by atoms with Crippen molar-refractivity contribution in [2.75, 3.05) is 5.32 Å². The average Bonchev–Trinajstić information content (AvgIpc) is 2.95. The summed E-state index contributed by atoms with van der Waals surface area (Å²) in [6, 6.07) is 12.8. The van der Waals surface area contributed by atoms with Gasteiger partial charge in [0.25, 0.3) is 5.91 Å². The zero-order valence-corrected chi connectivity index (χ0v) is 13.2. The molecule has 0 saturated heterocycles. The highest BCUT2D eigenvalue weighted by molar-refractivity contribution is 7.16. The smallest absolute Gasteiger partial charge is 0.255 e. The maximum Gasteiger partial charge on any atom is 0.255 e. The van der Waals surface area contributed by atoms with Gasteiger partial charge in [0.05, 0.1) is 21.8 Å². The first-order valence-corrected chi connectivity index (χ1v) is 7.91. The van der Waals surface area contributed by atoms with Crippen LogP contribution in [0, 0.1) is 0 Å². The Morgan fingerprint density at radius 2 is 1.95 bits per heavy atom. The molecule has 0 fully saturated rings. The maximum atomic E-state index is 12.3. The van der Waals surface area contributed by atoms with E-state index in [0.29, 0.717) is 5.56 Å². The molecule has 1 amide bonds. The van der Waals surface area contributed by atoms with E-state index >= 15 is 0 Å². The van der Waals surface area contributed by atoms with Crippen LogP contribution in [0.5, 0.6) is 5.75 Å². The maximum absolute atomic E-state index is 12.3. The van der Waals surface area contributed by atoms with Crippen molar-refractivity contribution in [2.45, 2.75) is 20.0 Å². The molecule has 112 valence electrons. The van der Waals surface area contributed by atoms with Gasteiger partial charge in [-0.15, -0.1) is 11.3 Å². The van der Waals surface area contributed by atoms with E-state index in [2.05, 4.69) is 10.3 Å². The van der Waals surface area contributed by atoms with Crippen LogP contribution >= 0.6 is 11.3 Å². The standard InChI is InChI=1S/C17H16N2O2S/c1-11(2)21-14-6-3-12(4-7-14)17(20)19-13-5-8-15-16(9-13)22-10-18-15/h3-11H,1-2H3,(H,19,20). The van der Waals surface area contributed by atoms with E-state index < -0.39 is 0 Å². The molecule has 0 unspecified atom stereocenters. The highest BCUT2D eigenvalue weighted by atomic mass is 32.1. The van der Waals surface area contributed by atoms with E-state index in [-0.39, 0.29) is 12.0 Å². The largest absolute Gasteiger partial charge is 0.491 e. The summed E-state index contributed by atoms with van der Waals surface area (Å²) in [6.45, 7) is 3.94. The van der Waals surface area contributed by atoms with Crippen LogP contribution in [-0.4, -0.2) is 17.0 Å². The molecule has 0 radical (unpaired) electrons. The van der Waals surface area contributed by atoms with Crippen LogP contribution in [-0.2, 0) is 0 Å². The lowest BCUT2D eigenvalue weighted by atomic mass is 10.2. The number of nitrogens with one attached hydrogen (secondary N) is 1. The number of carbonyl (C=O) groups excluding carboxylic acids is 1. The minimum Gasteiger partial charge on any atom is -0.491 e. The molecule has 2 aromatic carbocycles. The van der Waals surface area contributed by atoms with Gasteiger partial charge in [-0.2, -0.15) is 0 Å². The Labute approximate surface area is 132 Å². The molecule has 1 N–H and O–H groups in total. The summed E-state index contributed by atoms with van der Waals surface area (Å²) in [7, 11) is 0. The van der Waals surface area contributed by atoms with Gasteiger partial charge in [0.15, 0.2) is 0 Å². The Bertz CT molecular complexity index is 794. The molecule has 0 spiro atoms. The number of aromatic nitrogens is 1. The molecular weight excluding hydrogens is 296 g/mol. The molecule has 3 rings (SSSR count). The zero-order chi connectivity index (χ0) is 15.5. The van der Waals surface area contributed by atoms with Crippen LogP contribution in [0.2, 0.25) is 0 Å². The minimum absolute atomic E-state index is 0.116. The Kier molecular flexibility index (Phi) is 4.06. The molecular formula is C17H16N2O2S. The van der Waals surface area contributed by atoms with Crippen molar-refractivity contribution in [3.63, 3.8) is 0 Å². The molecule has 0 aliphatic carbocycles. The SMILES string of the molecule is CC(C)Oc1ccc(C(=O)Nc2ccc3ncsc3c2)cc1. The van der Waals surface area contributed by atoms with Gasteiger partial charge in [-0.3, -0.25) is 4.79 Å². The second-order valence-electron chi connectivity index (χ2n) is 5.18. The van der Waals surface area contributed by atoms with E-state index in [1.54, 1.807) is 41.1 Å². The van der Waals surface area contributed by atoms with Gasteiger partial charge in [0.1, 0.15) is 5.75 Å². The molecule has 0 aliphatic heterocycles. The fourth-order valence-corrected chi connectivity index (χ4v) is 2.81. The number of hydrogen-bond donors (Lipinski definition) is 1. The number of ether oxygens (including phenoxy) is 1. The molecule has 0 aliphatic rings. The predicted octanol–water partition coefficient (Wildman–Crippen LogP) is 4.34. The molecule has 1 aromatic heterocycles. The molecule has 4 nitrogen and oxygen atoms in total. The third-order valence-corrected chi connectivity index (χ3v) is 3.87. The molecule has 0 bridgehead atoms. The number of benzene rings is 2. The van der Waals surface area contributed by atoms with E-state index in [4.69, 9.17) is 4.74 Å². The quantitative estimate of drug-likeness (QED) is 0.780. The van der Waals surface area contributed by atoms with Crippen LogP contribution in [0.3, 0.4) is 0 Å². The average molecular weight is 312 g/mol. The van der Waals surface area contributed by atoms with Crippen LogP contribution in [0.25, 0.3) is 10.2 Å². The lowest BCUT2D eigenvalue weighted by Crippen LogP contribution is -2.12. The second-order valence-corrected chi connectivity index (χ2v) is 6.07. The van der Waals surface area contributed by atoms with Crippen molar-refractivity contribution >= 4 is 33.1 Å². The fraction of sp³-hybridized carbons (Fsp3) is 0.176. The Morgan fingerprint density at radius 3 is 2.68 bits per heavy atom. The summed E-state index contributed by atoms with van der Waals surface area (Å²) in [6.07, 6.45) is 0.116. The molecule has 1 heterocycles. The van der Waals surface area contributed by atoms with Gasteiger partial charge in [0.2, 0.25) is 0 Å². The summed E-state index contributed by atoms with van der Waals surface area (Å²) in [5.74, 6) is 0.623. The molecule has 0 atom stereocenters. The van der Waals surface area contributed by atoms with Crippen molar-refractivity contribution in [3.8, 4) is 5.75 Å². The fourth-order valence-electron chi connectivity index (χ4n) is 2.09. The first kappa shape index (κ1) is 14.5. The summed E-state index contributed by atoms with van der Waals surface area (Å²) in [5, 5.41) is 2.90. The summed E-state index contributed by atoms with van der Waals surface area (Å²) >= 11 is 1.55. The number of thiazole rings is 1. The lowest BCUT2D eigenvalue weighted by molar-refractivity contribution is 0.102. The number of fused-ring (bicyclic) bond motifs is 1. The van der Waals surface area contributed by atoms with Gasteiger partial charge in [-0.1, -0.05) is 0 Å². The van der Waals surface area contributed by atoms with Crippen molar-refractivity contribution in [2.24, 2.45) is 0 Å². The van der Waals surface area contributed by atoms with Gasteiger partial charge in [-0.05, 0) is 56.3 Å². The van der Waals surface area contributed by atoms with Crippen LogP contribution in [0.1, 0.15) is 24.2 Å². The molecule has 0 saturated carbocycles. The number of hydrogen-bond acceptors (Lipinski definition) is 4. The molecule has 3 aromatic rings. The van der Waals surface area contributed by atoms with Gasteiger partial charge < -0.3 is 10.1 Å². The van der Waals surface area contributed by atoms with Gasteiger partial charge >= 0.3 is 0 Å². The van der Waals surface area contributed by atoms with Gasteiger partial charge in [-0.25, -0.2) is 4.98 Å². The first-order valence-electron chi connectivity index (χ1n) is 7.03. The third-order valence-electron chi connectivity index (χ3n) is 3.08. The Morgan fingerprint density at radius 1 is 1.18 bits per heavy atom. The third kappa shape index (κ3) is 3.26. The van der Waals surface area contributed by atoms with Crippen LogP contribution in [0.15, 0.2) is 48.0 Å². The molecule has 5 heteroatoms. The number of amides is 1. The van der Waals surface area contributed by atoms with Crippen molar-refractivity contribution in [1.82, 2.24) is 4.98 Å². The van der Waals surface area contributed by atoms with E-state index in [1.807, 2.05) is 32.0 Å². The lowest BCUT2D eigenvalue weighted by Gasteiger charge is -2.10. The number of rotatable bonds is 4. The Hall–Kier alpha value is -2.40. The first-order chi connectivity index (χ1) is 10.6. The van der Waals surface area contributed by atoms with Crippen molar-refractivity contribution in [3.05, 3.63) is 53.5 Å². The minimum atomic E-state index is -0.139. The highest BCUT2D eigenvalue weighted by Gasteiger charge is 2.08. The normalized spacial score (nSPS) is 10.9. The summed E-state index contributed by atoms with van der Waals surface area (Å²) in [4.78, 5) is 16.5. The molecule has 22 heavy (non-hydrogen) atoms. The number of nitrogens with zero attached hydrogens (tertiary/aromatic N) is 1. The van der Waals surface area contributed by atoms with E-state index in [0.717, 1.165) is 21.7 Å². The van der Waals surface area contributed by atoms with Crippen LogP contribution < -0.4 is 10.1 Å². The number of anilines is 1. The number of carbonyl (C=O) groups is 1. The van der Waals surface area contributed by atoms with Gasteiger partial charge in [0, 0.05) is 11.3 Å². The highest BCUT2D eigenvalue weighted by Crippen LogP contribution is 2.22. The van der Waals surface area contributed by atoms with Crippen LogP contribution in [0.4, 0.5) is 5.69 Å². The zero-order valence-electron chi connectivity index (χ0n) is 12.4. The summed E-state index contributed by atoms with van der Waals surface area (Å²) < 4.78 is 6.62. The monoisotopic (exact) mass is 312 g/mol. The van der Waals surface area contributed by atoms with Crippen molar-refractivity contribution < 1.29 is 9.53 Å². The summed E-state index contributed by atoms with van der Waals surface area (Å²) in [5.41, 5.74) is 4.10. The Balaban J connectivity index is 1.73. The predicted molar refractivity (Wildman–Crippen MR) is 89.8 cm³/mol. The van der Waals surface area contributed by atoms with Crippen molar-refractivity contribution in [1.29, 1.82) is 0 Å².